The first-order valence-corrected chi connectivity index (χ1v) is 29.7. The van der Waals surface area contributed by atoms with E-state index in [0.29, 0.717) is 12.8 Å². The van der Waals surface area contributed by atoms with Crippen molar-refractivity contribution in [3.8, 4) is 0 Å². The van der Waals surface area contributed by atoms with Crippen LogP contribution < -0.4 is 0 Å². The zero-order valence-electron chi connectivity index (χ0n) is 44.9. The molecule has 0 spiro atoms. The van der Waals surface area contributed by atoms with Gasteiger partial charge in [-0.25, -0.2) is 0 Å². The van der Waals surface area contributed by atoms with Gasteiger partial charge in [-0.2, -0.15) is 0 Å². The van der Waals surface area contributed by atoms with Crippen LogP contribution in [0.1, 0.15) is 316 Å². The van der Waals surface area contributed by atoms with Crippen molar-refractivity contribution in [3.05, 3.63) is 48.6 Å². The first-order valence-electron chi connectivity index (χ1n) is 29.7. The Hall–Kier alpha value is -2.14. The van der Waals surface area contributed by atoms with Gasteiger partial charge in [0.2, 0.25) is 0 Å². The van der Waals surface area contributed by atoms with Crippen LogP contribution in [0, 0.1) is 0 Å². The molecule has 5 nitrogen and oxygen atoms in total. The average molecular weight is 940 g/mol. The molecule has 1 unspecified atom stereocenters. The van der Waals surface area contributed by atoms with E-state index in [4.69, 9.17) is 9.47 Å². The summed E-state index contributed by atoms with van der Waals surface area (Å²) in [4.78, 5) is 24.5. The molecule has 0 aliphatic carbocycles. The SMILES string of the molecule is CCCCCC/C=C\C/C=C\CCCCCCCCCC(=O)OCC(CO)OC(=O)CCCCCCCCCCCCCCCCCCCCCCCCC/C=C\C/C=C\CCCCCCC. The second kappa shape index (κ2) is 58.2. The molecule has 0 rings (SSSR count). The number of unbranched alkanes of at least 4 members (excludes halogenated alkanes) is 39. The lowest BCUT2D eigenvalue weighted by Crippen LogP contribution is -2.28. The topological polar surface area (TPSA) is 72.8 Å². The van der Waals surface area contributed by atoms with Gasteiger partial charge in [-0.05, 0) is 77.0 Å². The molecule has 0 aliphatic heterocycles. The fourth-order valence-electron chi connectivity index (χ4n) is 8.85. The summed E-state index contributed by atoms with van der Waals surface area (Å²) in [5, 5.41) is 9.65. The largest absolute Gasteiger partial charge is 0.462 e. The van der Waals surface area contributed by atoms with E-state index in [-0.39, 0.29) is 25.2 Å². The third kappa shape index (κ3) is 56.3. The first kappa shape index (κ1) is 64.9. The lowest BCUT2D eigenvalue weighted by molar-refractivity contribution is -0.161. The van der Waals surface area contributed by atoms with Crippen LogP contribution in [0.5, 0.6) is 0 Å². The summed E-state index contributed by atoms with van der Waals surface area (Å²) in [7, 11) is 0. The summed E-state index contributed by atoms with van der Waals surface area (Å²) in [6.45, 7) is 4.14. The molecule has 0 amide bonds. The van der Waals surface area contributed by atoms with Crippen LogP contribution in [0.3, 0.4) is 0 Å². The second-order valence-electron chi connectivity index (χ2n) is 20.1. The van der Waals surface area contributed by atoms with Crippen molar-refractivity contribution >= 4 is 11.9 Å². The molecule has 0 aromatic heterocycles. The Morgan fingerprint density at radius 3 is 0.896 bits per heavy atom. The van der Waals surface area contributed by atoms with Crippen molar-refractivity contribution in [1.82, 2.24) is 0 Å². The first-order chi connectivity index (χ1) is 33.1. The van der Waals surface area contributed by atoms with Crippen LogP contribution in [-0.4, -0.2) is 36.4 Å². The van der Waals surface area contributed by atoms with Crippen LogP contribution in [-0.2, 0) is 19.1 Å². The number of carbonyl (C=O) groups excluding carboxylic acids is 2. The van der Waals surface area contributed by atoms with E-state index in [1.54, 1.807) is 0 Å². The predicted molar refractivity (Wildman–Crippen MR) is 293 cm³/mol. The molecule has 0 aromatic carbocycles. The van der Waals surface area contributed by atoms with E-state index in [0.717, 1.165) is 51.4 Å². The minimum absolute atomic E-state index is 0.0669. The quantitative estimate of drug-likeness (QED) is 0.0374. The van der Waals surface area contributed by atoms with Crippen molar-refractivity contribution in [2.45, 2.75) is 322 Å². The van der Waals surface area contributed by atoms with E-state index in [1.807, 2.05) is 0 Å². The summed E-state index contributed by atoms with van der Waals surface area (Å²) in [5.41, 5.74) is 0. The maximum Gasteiger partial charge on any atom is 0.306 e. The Bertz CT molecular complexity index is 1110. The number of rotatable bonds is 55. The second-order valence-corrected chi connectivity index (χ2v) is 20.1. The molecule has 0 bridgehead atoms. The summed E-state index contributed by atoms with van der Waals surface area (Å²) in [6.07, 6.45) is 76.8. The summed E-state index contributed by atoms with van der Waals surface area (Å²) >= 11 is 0. The van der Waals surface area contributed by atoms with Gasteiger partial charge >= 0.3 is 11.9 Å². The Morgan fingerprint density at radius 1 is 0.343 bits per heavy atom. The molecule has 1 atom stereocenters. The summed E-state index contributed by atoms with van der Waals surface area (Å²) in [6, 6.07) is 0. The molecule has 392 valence electrons. The third-order valence-electron chi connectivity index (χ3n) is 13.3. The maximum absolute atomic E-state index is 12.3. The lowest BCUT2D eigenvalue weighted by Gasteiger charge is -2.15. The molecular formula is C62H114O5. The molecule has 0 saturated heterocycles. The van der Waals surface area contributed by atoms with Gasteiger partial charge in [0.05, 0.1) is 6.61 Å². The molecule has 67 heavy (non-hydrogen) atoms. The predicted octanol–water partition coefficient (Wildman–Crippen LogP) is 20.0. The number of allylic oxidation sites excluding steroid dienone is 8. The van der Waals surface area contributed by atoms with E-state index in [2.05, 4.69) is 62.5 Å². The maximum atomic E-state index is 12.3. The molecule has 0 aliphatic rings. The zero-order chi connectivity index (χ0) is 48.5. The molecular weight excluding hydrogens is 825 g/mol. The summed E-state index contributed by atoms with van der Waals surface area (Å²) in [5.74, 6) is -0.586. The Balaban J connectivity index is 3.41. The number of ether oxygens (including phenoxy) is 2. The third-order valence-corrected chi connectivity index (χ3v) is 13.3. The number of carbonyl (C=O) groups is 2. The van der Waals surface area contributed by atoms with Gasteiger partial charge in [-0.3, -0.25) is 9.59 Å². The van der Waals surface area contributed by atoms with Crippen LogP contribution in [0.4, 0.5) is 0 Å². The number of aliphatic hydroxyl groups is 1. The van der Waals surface area contributed by atoms with Crippen molar-refractivity contribution in [2.24, 2.45) is 0 Å². The smallest absolute Gasteiger partial charge is 0.306 e. The van der Waals surface area contributed by atoms with Gasteiger partial charge in [0, 0.05) is 12.8 Å². The average Bonchev–Trinajstić information content (AvgIpc) is 3.33. The van der Waals surface area contributed by atoms with Crippen LogP contribution in [0.2, 0.25) is 0 Å². The molecule has 5 heteroatoms. The monoisotopic (exact) mass is 939 g/mol. The highest BCUT2D eigenvalue weighted by Gasteiger charge is 2.16. The van der Waals surface area contributed by atoms with Crippen molar-refractivity contribution in [3.63, 3.8) is 0 Å². The number of esters is 2. The Labute approximate surface area is 418 Å². The normalized spacial score (nSPS) is 12.5. The molecule has 0 fully saturated rings. The van der Waals surface area contributed by atoms with Crippen molar-refractivity contribution in [2.75, 3.05) is 13.2 Å². The van der Waals surface area contributed by atoms with E-state index in [1.165, 1.54) is 238 Å². The van der Waals surface area contributed by atoms with Crippen LogP contribution >= 0.6 is 0 Å². The molecule has 0 aromatic rings. The fourth-order valence-corrected chi connectivity index (χ4v) is 8.85. The standard InChI is InChI=1S/C62H114O5/c1-3-5-7-9-11-13-15-17-19-21-23-24-25-26-27-28-29-30-31-32-33-34-35-36-37-38-39-41-43-45-47-49-51-53-55-57-62(65)67-60(58-63)59-66-61(64)56-54-52-50-48-46-44-42-40-22-20-18-16-14-12-10-8-6-4-2/h14-17,20-23,60,63H,3-13,18-19,24-59H2,1-2H3/b16-14-,17-15-,22-20-,23-21-. The molecule has 0 radical (unpaired) electrons. The highest BCUT2D eigenvalue weighted by Crippen LogP contribution is 2.17. The van der Waals surface area contributed by atoms with Crippen LogP contribution in [0.25, 0.3) is 0 Å². The lowest BCUT2D eigenvalue weighted by atomic mass is 10.0. The summed E-state index contributed by atoms with van der Waals surface area (Å²) < 4.78 is 10.7. The van der Waals surface area contributed by atoms with E-state index in [9.17, 15) is 14.7 Å². The number of hydrogen-bond acceptors (Lipinski definition) is 5. The van der Waals surface area contributed by atoms with Gasteiger partial charge in [0.1, 0.15) is 6.61 Å². The zero-order valence-corrected chi connectivity index (χ0v) is 44.9. The van der Waals surface area contributed by atoms with Crippen LogP contribution in [0.15, 0.2) is 48.6 Å². The van der Waals surface area contributed by atoms with Gasteiger partial charge in [0.25, 0.3) is 0 Å². The number of aliphatic hydroxyl groups excluding tert-OH is 1. The molecule has 1 N–H and O–H groups in total. The van der Waals surface area contributed by atoms with Gasteiger partial charge in [-0.15, -0.1) is 0 Å². The van der Waals surface area contributed by atoms with Crippen molar-refractivity contribution < 1.29 is 24.2 Å². The van der Waals surface area contributed by atoms with Crippen molar-refractivity contribution in [1.29, 1.82) is 0 Å². The molecule has 0 saturated carbocycles. The Morgan fingerprint density at radius 2 is 0.597 bits per heavy atom. The number of hydrogen-bond donors (Lipinski definition) is 1. The Kier molecular flexibility index (Phi) is 56.3. The molecule has 0 heterocycles. The van der Waals surface area contributed by atoms with E-state index >= 15 is 0 Å². The fraction of sp³-hybridized carbons (Fsp3) is 0.839. The minimum Gasteiger partial charge on any atom is -0.462 e. The highest BCUT2D eigenvalue weighted by molar-refractivity contribution is 5.70. The van der Waals surface area contributed by atoms with Gasteiger partial charge in [0.15, 0.2) is 6.10 Å². The highest BCUT2D eigenvalue weighted by atomic mass is 16.6. The van der Waals surface area contributed by atoms with Gasteiger partial charge < -0.3 is 14.6 Å². The van der Waals surface area contributed by atoms with Gasteiger partial charge in [-0.1, -0.05) is 274 Å². The van der Waals surface area contributed by atoms with E-state index < -0.39 is 6.10 Å². The minimum atomic E-state index is -0.774.